The predicted octanol–water partition coefficient (Wildman–Crippen LogP) is -0.0339. The van der Waals surface area contributed by atoms with E-state index in [1.165, 1.54) is 4.68 Å². The van der Waals surface area contributed by atoms with Gasteiger partial charge in [-0.1, -0.05) is 0 Å². The Balaban J connectivity index is 3.03. The van der Waals surface area contributed by atoms with Crippen LogP contribution in [0.2, 0.25) is 0 Å². The van der Waals surface area contributed by atoms with Crippen molar-refractivity contribution in [3.63, 3.8) is 0 Å². The monoisotopic (exact) mass is 237 g/mol. The van der Waals surface area contributed by atoms with E-state index in [0.717, 1.165) is 0 Å². The molecule has 92 valence electrons. The van der Waals surface area contributed by atoms with Crippen molar-refractivity contribution in [2.75, 3.05) is 31.3 Å². The molecular formula is C10H15N5O2. The van der Waals surface area contributed by atoms with E-state index in [1.54, 1.807) is 25.9 Å². The van der Waals surface area contributed by atoms with Gasteiger partial charge in [-0.3, -0.25) is 4.79 Å². The quantitative estimate of drug-likeness (QED) is 0.738. The molecule has 17 heavy (non-hydrogen) atoms. The smallest absolute Gasteiger partial charge is 0.327 e. The molecule has 0 saturated heterocycles. The Morgan fingerprint density at radius 2 is 2.29 bits per heavy atom. The van der Waals surface area contributed by atoms with Gasteiger partial charge in [0.25, 0.3) is 0 Å². The van der Waals surface area contributed by atoms with Crippen molar-refractivity contribution >= 4 is 17.6 Å². The zero-order valence-corrected chi connectivity index (χ0v) is 10.1. The minimum Gasteiger partial charge on any atom is -0.465 e. The number of carbonyl (C=O) groups is 1. The van der Waals surface area contributed by atoms with Gasteiger partial charge in [-0.15, -0.1) is 0 Å². The van der Waals surface area contributed by atoms with E-state index in [-0.39, 0.29) is 17.9 Å². The minimum atomic E-state index is -0.434. The van der Waals surface area contributed by atoms with Gasteiger partial charge in [-0.05, 0) is 6.92 Å². The molecule has 0 aliphatic rings. The first-order chi connectivity index (χ1) is 8.01. The highest BCUT2D eigenvalue weighted by atomic mass is 16.5. The summed E-state index contributed by atoms with van der Waals surface area (Å²) in [6.45, 7) is 1.92. The zero-order valence-electron chi connectivity index (χ0n) is 10.1. The van der Waals surface area contributed by atoms with Crippen LogP contribution in [0.15, 0.2) is 0 Å². The summed E-state index contributed by atoms with van der Waals surface area (Å²) in [7, 11) is 3.49. The number of nitrogens with two attached hydrogens (primary N) is 1. The minimum absolute atomic E-state index is 0.0950. The SMILES string of the molecule is CCOC(=O)Cn1nc(N(C)C)c(C#N)c1N. The summed E-state index contributed by atoms with van der Waals surface area (Å²) < 4.78 is 6.06. The molecule has 7 heteroatoms. The topological polar surface area (TPSA) is 97.2 Å². The van der Waals surface area contributed by atoms with Crippen molar-refractivity contribution in [1.29, 1.82) is 5.26 Å². The Kier molecular flexibility index (Phi) is 3.93. The van der Waals surface area contributed by atoms with E-state index in [9.17, 15) is 4.79 Å². The summed E-state index contributed by atoms with van der Waals surface area (Å²) in [6.07, 6.45) is 0. The summed E-state index contributed by atoms with van der Waals surface area (Å²) in [6, 6.07) is 1.97. The average Bonchev–Trinajstić information content (AvgIpc) is 2.56. The lowest BCUT2D eigenvalue weighted by Crippen LogP contribution is -2.17. The molecular weight excluding hydrogens is 222 g/mol. The molecule has 0 aliphatic carbocycles. The van der Waals surface area contributed by atoms with Gasteiger partial charge in [0.05, 0.1) is 6.61 Å². The number of carbonyl (C=O) groups excluding carboxylic acids is 1. The lowest BCUT2D eigenvalue weighted by atomic mass is 10.3. The molecule has 0 amide bonds. The van der Waals surface area contributed by atoms with Crippen LogP contribution in [0.3, 0.4) is 0 Å². The number of ether oxygens (including phenoxy) is 1. The van der Waals surface area contributed by atoms with Crippen molar-refractivity contribution < 1.29 is 9.53 Å². The number of nitrogens with zero attached hydrogens (tertiary/aromatic N) is 4. The Labute approximate surface area is 99.4 Å². The van der Waals surface area contributed by atoms with Crippen LogP contribution < -0.4 is 10.6 Å². The fourth-order valence-electron chi connectivity index (χ4n) is 1.33. The van der Waals surface area contributed by atoms with Crippen LogP contribution in [0.1, 0.15) is 12.5 Å². The average molecular weight is 237 g/mol. The van der Waals surface area contributed by atoms with Crippen LogP contribution in [0, 0.1) is 11.3 Å². The number of rotatable bonds is 4. The number of anilines is 2. The number of hydrogen-bond acceptors (Lipinski definition) is 6. The van der Waals surface area contributed by atoms with Crippen LogP contribution in [0.25, 0.3) is 0 Å². The number of aromatic nitrogens is 2. The lowest BCUT2D eigenvalue weighted by molar-refractivity contribution is -0.143. The molecule has 2 N–H and O–H groups in total. The molecule has 1 heterocycles. The Bertz CT molecular complexity index is 458. The molecule has 1 rings (SSSR count). The van der Waals surface area contributed by atoms with Gasteiger partial charge in [-0.25, -0.2) is 4.68 Å². The maximum atomic E-state index is 11.3. The van der Waals surface area contributed by atoms with E-state index < -0.39 is 5.97 Å². The van der Waals surface area contributed by atoms with E-state index in [2.05, 4.69) is 5.10 Å². The highest BCUT2D eigenvalue weighted by Crippen LogP contribution is 2.22. The summed E-state index contributed by atoms with van der Waals surface area (Å²) in [5, 5.41) is 13.1. The van der Waals surface area contributed by atoms with Gasteiger partial charge in [-0.2, -0.15) is 10.4 Å². The maximum absolute atomic E-state index is 11.3. The molecule has 0 aromatic carbocycles. The highest BCUT2D eigenvalue weighted by molar-refractivity contribution is 5.71. The van der Waals surface area contributed by atoms with Crippen LogP contribution in [-0.2, 0) is 16.1 Å². The van der Waals surface area contributed by atoms with Crippen molar-refractivity contribution in [3.8, 4) is 6.07 Å². The molecule has 0 bridgehead atoms. The molecule has 0 aliphatic heterocycles. The molecule has 1 aromatic rings. The van der Waals surface area contributed by atoms with Crippen LogP contribution in [-0.4, -0.2) is 36.5 Å². The van der Waals surface area contributed by atoms with Crippen molar-refractivity contribution in [2.45, 2.75) is 13.5 Å². The van der Waals surface area contributed by atoms with E-state index in [4.69, 9.17) is 15.7 Å². The molecule has 0 radical (unpaired) electrons. The van der Waals surface area contributed by atoms with E-state index in [0.29, 0.717) is 12.4 Å². The molecule has 0 atom stereocenters. The summed E-state index contributed by atoms with van der Waals surface area (Å²) in [4.78, 5) is 13.0. The van der Waals surface area contributed by atoms with Crippen LogP contribution >= 0.6 is 0 Å². The maximum Gasteiger partial charge on any atom is 0.327 e. The first-order valence-corrected chi connectivity index (χ1v) is 5.10. The second kappa shape index (κ2) is 5.21. The Morgan fingerprint density at radius 1 is 1.65 bits per heavy atom. The second-order valence-corrected chi connectivity index (χ2v) is 3.55. The normalized spacial score (nSPS) is 9.76. The number of esters is 1. The Morgan fingerprint density at radius 3 is 2.71 bits per heavy atom. The third kappa shape index (κ3) is 2.66. The third-order valence-corrected chi connectivity index (χ3v) is 2.09. The van der Waals surface area contributed by atoms with Crippen LogP contribution in [0.4, 0.5) is 11.6 Å². The highest BCUT2D eigenvalue weighted by Gasteiger charge is 2.18. The second-order valence-electron chi connectivity index (χ2n) is 3.55. The van der Waals surface area contributed by atoms with E-state index in [1.807, 2.05) is 6.07 Å². The van der Waals surface area contributed by atoms with Crippen molar-refractivity contribution in [1.82, 2.24) is 9.78 Å². The first-order valence-electron chi connectivity index (χ1n) is 5.10. The zero-order chi connectivity index (χ0) is 13.0. The van der Waals surface area contributed by atoms with Gasteiger partial charge >= 0.3 is 5.97 Å². The van der Waals surface area contributed by atoms with Crippen molar-refractivity contribution in [3.05, 3.63) is 5.56 Å². The largest absolute Gasteiger partial charge is 0.465 e. The molecule has 0 spiro atoms. The molecule has 7 nitrogen and oxygen atoms in total. The van der Waals surface area contributed by atoms with Gasteiger partial charge in [0.1, 0.15) is 24.0 Å². The van der Waals surface area contributed by atoms with Gasteiger partial charge in [0, 0.05) is 14.1 Å². The number of nitrogen functional groups attached to an aromatic ring is 1. The van der Waals surface area contributed by atoms with Gasteiger partial charge < -0.3 is 15.4 Å². The number of hydrogen-bond donors (Lipinski definition) is 1. The number of nitriles is 1. The molecule has 1 aromatic heterocycles. The lowest BCUT2D eigenvalue weighted by Gasteiger charge is -2.07. The third-order valence-electron chi connectivity index (χ3n) is 2.09. The first kappa shape index (κ1) is 12.8. The summed E-state index contributed by atoms with van der Waals surface area (Å²) in [5.41, 5.74) is 6.00. The van der Waals surface area contributed by atoms with Crippen LogP contribution in [0.5, 0.6) is 0 Å². The fraction of sp³-hybridized carbons (Fsp3) is 0.500. The standard InChI is InChI=1S/C10H15N5O2/c1-4-17-8(16)6-15-9(12)7(5-11)10(13-15)14(2)3/h4,6,12H2,1-3H3. The molecule has 0 unspecified atom stereocenters. The molecule has 0 fully saturated rings. The predicted molar refractivity (Wildman–Crippen MR) is 62.3 cm³/mol. The van der Waals surface area contributed by atoms with E-state index >= 15 is 0 Å². The van der Waals surface area contributed by atoms with Gasteiger partial charge in [0.15, 0.2) is 5.82 Å². The fourth-order valence-corrected chi connectivity index (χ4v) is 1.33. The van der Waals surface area contributed by atoms with Crippen molar-refractivity contribution in [2.24, 2.45) is 0 Å². The summed E-state index contributed by atoms with van der Waals surface area (Å²) >= 11 is 0. The Hall–Kier alpha value is -2.23. The molecule has 0 saturated carbocycles. The summed E-state index contributed by atoms with van der Waals surface area (Å²) in [5.74, 6) is 0.176. The van der Waals surface area contributed by atoms with Gasteiger partial charge in [0.2, 0.25) is 0 Å².